The number of primary amides is 1. The van der Waals surface area contributed by atoms with Gasteiger partial charge in [-0.25, -0.2) is 9.97 Å². The fourth-order valence-corrected chi connectivity index (χ4v) is 7.28. The van der Waals surface area contributed by atoms with Crippen molar-refractivity contribution in [1.82, 2.24) is 14.9 Å². The number of likely N-dealkylation sites (tertiary alicyclic amines) is 1. The van der Waals surface area contributed by atoms with Crippen LogP contribution in [0.4, 0.5) is 17.3 Å². The first-order valence-corrected chi connectivity index (χ1v) is 16.1. The van der Waals surface area contributed by atoms with Crippen LogP contribution >= 0.6 is 0 Å². The number of piperidine rings is 2. The van der Waals surface area contributed by atoms with Gasteiger partial charge in [-0.15, -0.1) is 0 Å². The number of nitrogens with zero attached hydrogens (tertiary/aromatic N) is 4. The monoisotopic (exact) mass is 580 g/mol. The smallest absolute Gasteiger partial charge is 0.271 e. The Morgan fingerprint density at radius 3 is 2.44 bits per heavy atom. The number of hydrogen-bond acceptors (Lipinski definition) is 7. The van der Waals surface area contributed by atoms with E-state index in [4.69, 9.17) is 10.7 Å². The Hall–Kier alpha value is -3.78. The molecule has 1 atom stereocenters. The molecule has 3 aromatic rings. The second kappa shape index (κ2) is 13.2. The molecule has 3 heterocycles. The van der Waals surface area contributed by atoms with E-state index in [1.807, 2.05) is 31.2 Å². The van der Waals surface area contributed by atoms with Crippen molar-refractivity contribution in [3.8, 4) is 0 Å². The molecule has 1 aromatic heterocycles. The third kappa shape index (κ3) is 7.07. The first-order valence-electron chi connectivity index (χ1n) is 16.1. The number of aryl methyl sites for hydroxylation is 1. The summed E-state index contributed by atoms with van der Waals surface area (Å²) in [5.41, 5.74) is 9.88. The molecule has 0 radical (unpaired) electrons. The molecule has 2 saturated heterocycles. The Morgan fingerprint density at radius 1 is 0.953 bits per heavy atom. The van der Waals surface area contributed by atoms with Crippen LogP contribution in [0.3, 0.4) is 0 Å². The van der Waals surface area contributed by atoms with Crippen molar-refractivity contribution >= 4 is 29.0 Å². The van der Waals surface area contributed by atoms with Crippen LogP contribution < -0.4 is 16.0 Å². The van der Waals surface area contributed by atoms with E-state index in [-0.39, 0.29) is 17.4 Å². The van der Waals surface area contributed by atoms with Gasteiger partial charge in [0.25, 0.3) is 5.91 Å². The van der Waals surface area contributed by atoms with Crippen LogP contribution in [-0.4, -0.2) is 58.8 Å². The highest BCUT2D eigenvalue weighted by Crippen LogP contribution is 2.33. The molecule has 8 nitrogen and oxygen atoms in total. The summed E-state index contributed by atoms with van der Waals surface area (Å²) in [6, 6.07) is 17.1. The van der Waals surface area contributed by atoms with Gasteiger partial charge in [0.05, 0.1) is 6.20 Å². The van der Waals surface area contributed by atoms with Crippen molar-refractivity contribution in [2.24, 2.45) is 11.7 Å². The van der Waals surface area contributed by atoms with Crippen LogP contribution in [0, 0.1) is 12.8 Å². The Bertz CT molecular complexity index is 1430. The summed E-state index contributed by atoms with van der Waals surface area (Å²) in [4.78, 5) is 39.3. The summed E-state index contributed by atoms with van der Waals surface area (Å²) >= 11 is 0. The molecule has 2 aliphatic heterocycles. The zero-order valence-electron chi connectivity index (χ0n) is 25.3. The van der Waals surface area contributed by atoms with Crippen LogP contribution in [0.15, 0.2) is 54.7 Å². The molecular weight excluding hydrogens is 536 g/mol. The van der Waals surface area contributed by atoms with Gasteiger partial charge in [-0.05, 0) is 94.1 Å². The molecular formula is C35H44N6O2. The molecule has 226 valence electrons. The largest absolute Gasteiger partial charge is 0.364 e. The number of aromatic nitrogens is 2. The molecule has 3 fully saturated rings. The van der Waals surface area contributed by atoms with Gasteiger partial charge in [0.1, 0.15) is 5.82 Å². The lowest BCUT2D eigenvalue weighted by Gasteiger charge is -2.36. The molecule has 1 amide bonds. The third-order valence-corrected chi connectivity index (χ3v) is 9.67. The van der Waals surface area contributed by atoms with Gasteiger partial charge in [-0.1, -0.05) is 48.7 Å². The van der Waals surface area contributed by atoms with Crippen molar-refractivity contribution in [3.63, 3.8) is 0 Å². The minimum atomic E-state index is -0.618. The van der Waals surface area contributed by atoms with E-state index in [0.29, 0.717) is 24.0 Å². The van der Waals surface area contributed by atoms with Crippen LogP contribution in [0.1, 0.15) is 95.7 Å². The molecule has 1 aliphatic carbocycles. The number of rotatable bonds is 9. The lowest BCUT2D eigenvalue weighted by molar-refractivity contribution is 0.0954. The van der Waals surface area contributed by atoms with E-state index in [1.165, 1.54) is 57.2 Å². The van der Waals surface area contributed by atoms with E-state index in [2.05, 4.69) is 44.4 Å². The van der Waals surface area contributed by atoms with Gasteiger partial charge < -0.3 is 20.9 Å². The Morgan fingerprint density at radius 2 is 1.72 bits per heavy atom. The van der Waals surface area contributed by atoms with E-state index in [9.17, 15) is 9.59 Å². The lowest BCUT2D eigenvalue weighted by atomic mass is 9.88. The predicted molar refractivity (Wildman–Crippen MR) is 171 cm³/mol. The molecule has 6 rings (SSSR count). The van der Waals surface area contributed by atoms with Crippen molar-refractivity contribution in [3.05, 3.63) is 77.1 Å². The zero-order valence-corrected chi connectivity index (χ0v) is 25.3. The van der Waals surface area contributed by atoms with Crippen molar-refractivity contribution in [2.45, 2.75) is 76.7 Å². The SMILES string of the molecule is Cc1cccc(C(=O)C[C@@H]2CCCN(c3cnc(C(N)=O)c(Nc4ccc(C5CCN(C6CCCC6)CC5)cc4)n3)C2)c1. The van der Waals surface area contributed by atoms with E-state index in [1.54, 1.807) is 6.20 Å². The number of hydrogen-bond donors (Lipinski definition) is 2. The number of carbonyl (C=O) groups is 2. The average molecular weight is 581 g/mol. The number of amides is 1. The molecule has 43 heavy (non-hydrogen) atoms. The lowest BCUT2D eigenvalue weighted by Crippen LogP contribution is -2.39. The maximum atomic E-state index is 13.0. The molecule has 0 bridgehead atoms. The standard InChI is InChI=1S/C35H44N6O2/c1-24-6-4-8-28(20-24)31(42)21-25-7-5-17-41(23-25)32-22-37-33(34(36)43)35(39-32)38-29-13-11-26(12-14-29)27-15-18-40(19-16-27)30-9-2-3-10-30/h4,6,8,11-14,20,22,25,27,30H,2-3,5,7,9-10,15-19,21,23H2,1H3,(H2,36,43)(H,38,39)/t25-/m0/s1. The van der Waals surface area contributed by atoms with E-state index < -0.39 is 5.91 Å². The number of Topliss-reactive ketones (excluding diaryl/α,β-unsaturated/α-hetero) is 1. The maximum absolute atomic E-state index is 13.0. The Labute approximate surface area is 255 Å². The van der Waals surface area contributed by atoms with Gasteiger partial charge in [0.15, 0.2) is 17.3 Å². The zero-order chi connectivity index (χ0) is 29.8. The van der Waals surface area contributed by atoms with E-state index >= 15 is 0 Å². The maximum Gasteiger partial charge on any atom is 0.271 e. The molecule has 0 unspecified atom stereocenters. The summed E-state index contributed by atoms with van der Waals surface area (Å²) in [6.07, 6.45) is 12.0. The molecule has 0 spiro atoms. The van der Waals surface area contributed by atoms with Crippen LogP contribution in [0.25, 0.3) is 0 Å². The van der Waals surface area contributed by atoms with Crippen LogP contribution in [0.2, 0.25) is 0 Å². The van der Waals surface area contributed by atoms with Crippen molar-refractivity contribution < 1.29 is 9.59 Å². The molecule has 1 saturated carbocycles. The third-order valence-electron chi connectivity index (χ3n) is 9.67. The molecule has 8 heteroatoms. The minimum Gasteiger partial charge on any atom is -0.364 e. The second-order valence-electron chi connectivity index (χ2n) is 12.7. The highest BCUT2D eigenvalue weighted by Gasteiger charge is 2.28. The molecule has 3 N–H and O–H groups in total. The number of nitrogens with two attached hydrogens (primary N) is 1. The highest BCUT2D eigenvalue weighted by atomic mass is 16.1. The normalized spacial score (nSPS) is 20.3. The Balaban J connectivity index is 1.10. The number of anilines is 3. The first-order chi connectivity index (χ1) is 20.9. The highest BCUT2D eigenvalue weighted by molar-refractivity contribution is 5.97. The first kappa shape index (κ1) is 29.3. The number of nitrogens with one attached hydrogen (secondary N) is 1. The fourth-order valence-electron chi connectivity index (χ4n) is 7.28. The topological polar surface area (TPSA) is 104 Å². The summed E-state index contributed by atoms with van der Waals surface area (Å²) in [7, 11) is 0. The van der Waals surface area contributed by atoms with Crippen molar-refractivity contribution in [1.29, 1.82) is 0 Å². The summed E-state index contributed by atoms with van der Waals surface area (Å²) in [5.74, 6) is 1.42. The number of ketones is 1. The number of carbonyl (C=O) groups excluding carboxylic acids is 2. The minimum absolute atomic E-state index is 0.121. The van der Waals surface area contributed by atoms with Gasteiger partial charge in [0.2, 0.25) is 0 Å². The Kier molecular flexibility index (Phi) is 9.03. The van der Waals surface area contributed by atoms with Crippen LogP contribution in [0.5, 0.6) is 0 Å². The second-order valence-corrected chi connectivity index (χ2v) is 12.7. The molecule has 2 aromatic carbocycles. The van der Waals surface area contributed by atoms with Gasteiger partial charge in [-0.3, -0.25) is 9.59 Å². The summed E-state index contributed by atoms with van der Waals surface area (Å²) in [6.45, 7) is 5.94. The van der Waals surface area contributed by atoms with Gasteiger partial charge in [-0.2, -0.15) is 0 Å². The summed E-state index contributed by atoms with van der Waals surface area (Å²) < 4.78 is 0. The molecule has 3 aliphatic rings. The van der Waals surface area contributed by atoms with Crippen LogP contribution in [-0.2, 0) is 0 Å². The summed E-state index contributed by atoms with van der Waals surface area (Å²) in [5, 5.41) is 3.31. The van der Waals surface area contributed by atoms with Gasteiger partial charge in [0, 0.05) is 36.8 Å². The predicted octanol–water partition coefficient (Wildman–Crippen LogP) is 6.24. The van der Waals surface area contributed by atoms with E-state index in [0.717, 1.165) is 48.8 Å². The fraction of sp³-hybridized carbons (Fsp3) is 0.486. The quantitative estimate of drug-likeness (QED) is 0.289. The van der Waals surface area contributed by atoms with Gasteiger partial charge >= 0.3 is 0 Å². The average Bonchev–Trinajstić information content (AvgIpc) is 3.57. The van der Waals surface area contributed by atoms with Crippen molar-refractivity contribution in [2.75, 3.05) is 36.4 Å². The number of benzene rings is 2.